The number of aromatic nitrogens is 1. The molecule has 0 atom stereocenters. The van der Waals surface area contributed by atoms with E-state index < -0.39 is 35.3 Å². The highest BCUT2D eigenvalue weighted by atomic mass is 19.4. The Morgan fingerprint density at radius 3 is 2.03 bits per heavy atom. The topological polar surface area (TPSA) is 88.2 Å². The van der Waals surface area contributed by atoms with E-state index in [9.17, 15) is 40.7 Å². The second-order valence-electron chi connectivity index (χ2n) is 8.25. The summed E-state index contributed by atoms with van der Waals surface area (Å²) in [5.74, 6) is -9.66. The van der Waals surface area contributed by atoms with Crippen molar-refractivity contribution in [2.45, 2.75) is 37.8 Å². The zero-order valence-corrected chi connectivity index (χ0v) is 17.3. The molecule has 2 saturated carbocycles. The number of carbonyl (C=O) groups excluding carboxylic acids is 3. The summed E-state index contributed by atoms with van der Waals surface area (Å²) >= 11 is 0. The summed E-state index contributed by atoms with van der Waals surface area (Å²) in [6.45, 7) is 0. The Bertz CT molecular complexity index is 1170. The third-order valence-electron chi connectivity index (χ3n) is 5.44. The van der Waals surface area contributed by atoms with Gasteiger partial charge < -0.3 is 5.32 Å². The largest absolute Gasteiger partial charge is 0.458 e. The van der Waals surface area contributed by atoms with Gasteiger partial charge in [0.1, 0.15) is 17.3 Å². The lowest BCUT2D eigenvalue weighted by atomic mass is 10.00. The molecule has 2 aliphatic rings. The maximum absolute atomic E-state index is 14.3. The fourth-order valence-electron chi connectivity index (χ4n) is 3.18. The van der Waals surface area contributed by atoms with Gasteiger partial charge in [-0.25, -0.2) is 9.37 Å². The van der Waals surface area contributed by atoms with Crippen LogP contribution in [0.25, 0.3) is 11.1 Å². The Labute approximate surface area is 188 Å². The molecular weight excluding hydrogens is 468 g/mol. The normalized spacial score (nSPS) is 16.2. The summed E-state index contributed by atoms with van der Waals surface area (Å²) in [5.41, 5.74) is -2.33. The minimum absolute atomic E-state index is 0.00546. The molecule has 1 aromatic heterocycles. The third kappa shape index (κ3) is 4.90. The second kappa shape index (κ2) is 8.41. The highest BCUT2D eigenvalue weighted by Gasteiger charge is 2.59. The van der Waals surface area contributed by atoms with Crippen LogP contribution in [0.5, 0.6) is 0 Å². The molecular formula is C22H17F6N3O3. The summed E-state index contributed by atoms with van der Waals surface area (Å²) < 4.78 is 79.4. The molecule has 34 heavy (non-hydrogen) atoms. The van der Waals surface area contributed by atoms with E-state index in [1.807, 2.05) is 0 Å². The van der Waals surface area contributed by atoms with E-state index >= 15 is 0 Å². The summed E-state index contributed by atoms with van der Waals surface area (Å²) in [5, 5.41) is 4.65. The minimum atomic E-state index is -5.99. The summed E-state index contributed by atoms with van der Waals surface area (Å²) in [6, 6.07) is 3.93. The second-order valence-corrected chi connectivity index (χ2v) is 8.25. The van der Waals surface area contributed by atoms with Crippen LogP contribution in [0.15, 0.2) is 30.3 Å². The Balaban J connectivity index is 1.69. The standard InChI is InChI=1S/C22H17F6N3O3/c23-15-7-12(5-6-14(15)21(24,25)22(26,27)28)13-8-16(20(34)31-19(33)11-3-4-11)29-17(9-13)30-18(32)10-1-2-10/h5-11H,1-4H2,(H,29,30,32)(H,31,33,34). The third-order valence-corrected chi connectivity index (χ3v) is 5.44. The first-order chi connectivity index (χ1) is 15.9. The highest BCUT2D eigenvalue weighted by molar-refractivity contribution is 6.05. The first kappa shape index (κ1) is 23.7. The molecule has 0 unspecified atom stereocenters. The maximum Gasteiger partial charge on any atom is 0.458 e. The molecule has 0 bridgehead atoms. The summed E-state index contributed by atoms with van der Waals surface area (Å²) in [6.07, 6.45) is -3.41. The SMILES string of the molecule is O=C(NC(=O)C1CC1)c1cc(-c2ccc(C(F)(F)C(F)(F)F)c(F)c2)cc(NC(=O)C2CC2)n1. The van der Waals surface area contributed by atoms with Crippen molar-refractivity contribution in [1.82, 2.24) is 10.3 Å². The Morgan fingerprint density at radius 1 is 0.853 bits per heavy atom. The van der Waals surface area contributed by atoms with Gasteiger partial charge in [0, 0.05) is 11.8 Å². The predicted molar refractivity (Wildman–Crippen MR) is 106 cm³/mol. The lowest BCUT2D eigenvalue weighted by Gasteiger charge is -2.20. The predicted octanol–water partition coefficient (Wildman–Crippen LogP) is 4.56. The first-order valence-electron chi connectivity index (χ1n) is 10.3. The van der Waals surface area contributed by atoms with Crippen molar-refractivity contribution < 1.29 is 40.7 Å². The van der Waals surface area contributed by atoms with Gasteiger partial charge in [-0.15, -0.1) is 0 Å². The molecule has 2 aromatic rings. The molecule has 0 aliphatic heterocycles. The van der Waals surface area contributed by atoms with E-state index in [0.29, 0.717) is 37.8 Å². The first-order valence-corrected chi connectivity index (χ1v) is 10.3. The number of hydrogen-bond donors (Lipinski definition) is 2. The number of hydrogen-bond acceptors (Lipinski definition) is 4. The molecule has 0 radical (unpaired) electrons. The number of alkyl halides is 5. The minimum Gasteiger partial charge on any atom is -0.310 e. The zero-order valence-electron chi connectivity index (χ0n) is 17.3. The van der Waals surface area contributed by atoms with Crippen LogP contribution in [0.2, 0.25) is 0 Å². The number of benzene rings is 1. The van der Waals surface area contributed by atoms with Crippen molar-refractivity contribution in [3.05, 3.63) is 47.4 Å². The molecule has 0 spiro atoms. The van der Waals surface area contributed by atoms with Gasteiger partial charge in [0.15, 0.2) is 0 Å². The number of pyridine rings is 1. The number of carbonyl (C=O) groups is 3. The zero-order chi connectivity index (χ0) is 24.8. The van der Waals surface area contributed by atoms with Gasteiger partial charge in [-0.2, -0.15) is 22.0 Å². The Morgan fingerprint density at radius 2 is 1.47 bits per heavy atom. The van der Waals surface area contributed by atoms with Gasteiger partial charge in [-0.1, -0.05) is 6.07 Å². The fraction of sp³-hybridized carbons (Fsp3) is 0.364. The molecule has 1 heterocycles. The van der Waals surface area contributed by atoms with E-state index in [4.69, 9.17) is 0 Å². The van der Waals surface area contributed by atoms with Crippen LogP contribution in [0, 0.1) is 17.7 Å². The van der Waals surface area contributed by atoms with E-state index in [1.165, 1.54) is 6.07 Å². The molecule has 0 saturated heterocycles. The molecule has 12 heteroatoms. The van der Waals surface area contributed by atoms with Gasteiger partial charge in [0.05, 0.1) is 5.56 Å². The number of anilines is 1. The Kier molecular flexibility index (Phi) is 5.86. The van der Waals surface area contributed by atoms with Crippen LogP contribution < -0.4 is 10.6 Å². The average molecular weight is 485 g/mol. The van der Waals surface area contributed by atoms with Crippen molar-refractivity contribution in [3.8, 4) is 11.1 Å². The van der Waals surface area contributed by atoms with Crippen LogP contribution in [0.3, 0.4) is 0 Å². The molecule has 6 nitrogen and oxygen atoms in total. The number of halogens is 6. The van der Waals surface area contributed by atoms with Crippen LogP contribution >= 0.6 is 0 Å². The van der Waals surface area contributed by atoms with Crippen molar-refractivity contribution in [2.75, 3.05) is 5.32 Å². The molecule has 2 aliphatic carbocycles. The average Bonchev–Trinajstić information content (AvgIpc) is 3.64. The lowest BCUT2D eigenvalue weighted by molar-refractivity contribution is -0.290. The molecule has 4 rings (SSSR count). The monoisotopic (exact) mass is 485 g/mol. The van der Waals surface area contributed by atoms with Gasteiger partial charge in [-0.05, 0) is 61.1 Å². The van der Waals surface area contributed by atoms with Crippen molar-refractivity contribution in [1.29, 1.82) is 0 Å². The highest BCUT2D eigenvalue weighted by Crippen LogP contribution is 2.45. The van der Waals surface area contributed by atoms with Crippen LogP contribution in [-0.4, -0.2) is 28.9 Å². The molecule has 2 N–H and O–H groups in total. The van der Waals surface area contributed by atoms with Gasteiger partial charge in [0.2, 0.25) is 11.8 Å². The quantitative estimate of drug-likeness (QED) is 0.464. The molecule has 2 fully saturated rings. The summed E-state index contributed by atoms with van der Waals surface area (Å²) in [7, 11) is 0. The molecule has 1 aromatic carbocycles. The number of nitrogens with zero attached hydrogens (tertiary/aromatic N) is 1. The molecule has 3 amide bonds. The number of nitrogens with one attached hydrogen (secondary N) is 2. The Hall–Kier alpha value is -3.44. The van der Waals surface area contributed by atoms with Gasteiger partial charge in [0.25, 0.3) is 5.91 Å². The lowest BCUT2D eigenvalue weighted by Crippen LogP contribution is -2.34. The smallest absolute Gasteiger partial charge is 0.310 e. The summed E-state index contributed by atoms with van der Waals surface area (Å²) in [4.78, 5) is 40.6. The van der Waals surface area contributed by atoms with E-state index in [2.05, 4.69) is 15.6 Å². The van der Waals surface area contributed by atoms with Crippen LogP contribution in [-0.2, 0) is 15.5 Å². The van der Waals surface area contributed by atoms with Crippen LogP contribution in [0.1, 0.15) is 41.7 Å². The van der Waals surface area contributed by atoms with Crippen molar-refractivity contribution in [2.24, 2.45) is 11.8 Å². The number of rotatable bonds is 6. The van der Waals surface area contributed by atoms with Gasteiger partial charge in [-0.3, -0.25) is 19.7 Å². The van der Waals surface area contributed by atoms with E-state index in [0.717, 1.165) is 12.1 Å². The molecule has 180 valence electrons. The van der Waals surface area contributed by atoms with Crippen molar-refractivity contribution in [3.63, 3.8) is 0 Å². The van der Waals surface area contributed by atoms with Gasteiger partial charge >= 0.3 is 12.1 Å². The fourth-order valence-corrected chi connectivity index (χ4v) is 3.18. The van der Waals surface area contributed by atoms with Crippen molar-refractivity contribution >= 4 is 23.5 Å². The van der Waals surface area contributed by atoms with E-state index in [1.54, 1.807) is 0 Å². The maximum atomic E-state index is 14.3. The van der Waals surface area contributed by atoms with Crippen LogP contribution in [0.4, 0.5) is 32.2 Å². The number of amides is 3. The number of imide groups is 1. The van der Waals surface area contributed by atoms with E-state index in [-0.39, 0.29) is 40.4 Å².